The number of hydrogen-bond acceptors (Lipinski definition) is 12. The van der Waals surface area contributed by atoms with Gasteiger partial charge in [-0.2, -0.15) is 52.7 Å². The standard InChI is InChI=1S/C36H43F6N5O3.C32H35BrF6N4O2/c1-5-28-19-29(20-30(17-24-9-7-6-8-10-24)47(28)33(48)50-34(2,3)4)46(32-43-21-31(22-44-32)45-11-13-49-14-12-45)23-25-15-26(35(37,38)39)18-27(16-25)36(40,41)42;1-5-25-15-26(16-27(13-20-9-7-6-8-10-20)43(25)29(44)45-30(2,3)4)42(28-40-17-24(33)18-41-28)19-21-11-22(31(34,35)36)14-23(12-21)32(37,38)39/h6-10,15-16,18,21-22,28-30H,5,11-14,17,19-20,23H2,1-4H3;6-12,14,17-18,25-27H,5,13,15-16,19H2,1-4H3/t28-,29+,30+;25-,26+,27+/m11/s1. The van der Waals surface area contributed by atoms with E-state index in [0.717, 1.165) is 41.1 Å². The van der Waals surface area contributed by atoms with E-state index in [4.69, 9.17) is 14.2 Å². The molecule has 4 aromatic carbocycles. The maximum atomic E-state index is 13.9. The van der Waals surface area contributed by atoms with Crippen LogP contribution in [0.4, 0.5) is 79.9 Å². The smallest absolute Gasteiger partial charge is 0.416 e. The summed E-state index contributed by atoms with van der Waals surface area (Å²) in [6.07, 6.45) is -11.3. The Morgan fingerprint density at radius 3 is 1.14 bits per heavy atom. The van der Waals surface area contributed by atoms with Gasteiger partial charge in [-0.3, -0.25) is 0 Å². The molecule has 14 nitrogen and oxygen atoms in total. The third kappa shape index (κ3) is 20.3. The Bertz CT molecular complexity index is 3410. The molecule has 9 rings (SSSR count). The van der Waals surface area contributed by atoms with Crippen molar-refractivity contribution in [3.05, 3.63) is 171 Å². The maximum Gasteiger partial charge on any atom is 0.416 e. The van der Waals surface area contributed by atoms with E-state index < -0.39 is 94.5 Å². The lowest BCUT2D eigenvalue weighted by atomic mass is 9.86. The van der Waals surface area contributed by atoms with Gasteiger partial charge in [-0.15, -0.1) is 0 Å². The van der Waals surface area contributed by atoms with Crippen molar-refractivity contribution in [2.45, 2.75) is 192 Å². The number of piperidine rings is 2. The fraction of sp³-hybridized carbons (Fsp3) is 0.500. The van der Waals surface area contributed by atoms with Crippen LogP contribution in [0.5, 0.6) is 0 Å². The van der Waals surface area contributed by atoms with Gasteiger partial charge in [0.2, 0.25) is 11.9 Å². The number of alkyl halides is 12. The summed E-state index contributed by atoms with van der Waals surface area (Å²) in [7, 11) is 0. The van der Waals surface area contributed by atoms with Crippen LogP contribution in [0.25, 0.3) is 0 Å². The zero-order valence-electron chi connectivity index (χ0n) is 53.9. The highest BCUT2D eigenvalue weighted by atomic mass is 79.9. The molecule has 3 saturated heterocycles. The topological polar surface area (TPSA) is 130 Å². The van der Waals surface area contributed by atoms with Gasteiger partial charge in [-0.1, -0.05) is 74.5 Å². The van der Waals surface area contributed by atoms with E-state index in [2.05, 4.69) is 35.9 Å². The minimum atomic E-state index is -5.00. The molecule has 3 aliphatic heterocycles. The monoisotopic (exact) mass is 1410 g/mol. The zero-order chi connectivity index (χ0) is 69.4. The first-order valence-corrected chi connectivity index (χ1v) is 32.1. The van der Waals surface area contributed by atoms with Crippen LogP contribution < -0.4 is 14.7 Å². The fourth-order valence-corrected chi connectivity index (χ4v) is 12.5. The van der Waals surface area contributed by atoms with Gasteiger partial charge in [0.1, 0.15) is 11.2 Å². The molecule has 27 heteroatoms. The number of benzene rings is 4. The van der Waals surface area contributed by atoms with Crippen LogP contribution in [-0.2, 0) is 64.8 Å². The summed E-state index contributed by atoms with van der Waals surface area (Å²) in [6.45, 7) is 16.2. The summed E-state index contributed by atoms with van der Waals surface area (Å²) in [5.74, 6) is 0.310. The number of carbonyl (C=O) groups is 2. The molecule has 6 atom stereocenters. The number of morpholine rings is 1. The first kappa shape index (κ1) is 73.4. The van der Waals surface area contributed by atoms with Gasteiger partial charge in [0, 0.05) is 74.8 Å². The van der Waals surface area contributed by atoms with E-state index in [-0.39, 0.29) is 60.3 Å². The van der Waals surface area contributed by atoms with Crippen molar-refractivity contribution in [2.24, 2.45) is 0 Å². The number of aromatic nitrogens is 4. The normalized spacial score (nSPS) is 19.9. The van der Waals surface area contributed by atoms with Crippen molar-refractivity contribution in [1.82, 2.24) is 29.7 Å². The summed E-state index contributed by atoms with van der Waals surface area (Å²) >= 11 is 3.28. The highest BCUT2D eigenvalue weighted by Gasteiger charge is 2.46. The lowest BCUT2D eigenvalue weighted by molar-refractivity contribution is -0.144. The van der Waals surface area contributed by atoms with E-state index in [0.29, 0.717) is 82.1 Å². The van der Waals surface area contributed by atoms with Gasteiger partial charge < -0.3 is 38.7 Å². The number of rotatable bonds is 15. The number of anilines is 3. The van der Waals surface area contributed by atoms with Crippen LogP contribution >= 0.6 is 15.9 Å². The van der Waals surface area contributed by atoms with E-state index in [1.807, 2.05) is 79.4 Å². The molecule has 0 unspecified atom stereocenters. The minimum Gasteiger partial charge on any atom is -0.444 e. The van der Waals surface area contributed by atoms with Crippen LogP contribution in [0, 0.1) is 0 Å². The molecule has 6 aromatic rings. The Labute approximate surface area is 553 Å². The predicted octanol–water partition coefficient (Wildman–Crippen LogP) is 17.2. The molecule has 0 radical (unpaired) electrons. The predicted molar refractivity (Wildman–Crippen MR) is 338 cm³/mol. The van der Waals surface area contributed by atoms with Gasteiger partial charge >= 0.3 is 36.9 Å². The molecule has 5 heterocycles. The maximum absolute atomic E-state index is 13.9. The highest BCUT2D eigenvalue weighted by Crippen LogP contribution is 2.42. The number of carbonyl (C=O) groups excluding carboxylic acids is 2. The van der Waals surface area contributed by atoms with Crippen molar-refractivity contribution in [2.75, 3.05) is 41.0 Å². The van der Waals surface area contributed by atoms with Crippen LogP contribution in [0.1, 0.15) is 138 Å². The van der Waals surface area contributed by atoms with Gasteiger partial charge in [0.05, 0.1) is 58.0 Å². The van der Waals surface area contributed by atoms with Crippen molar-refractivity contribution < 1.29 is 76.5 Å². The molecule has 95 heavy (non-hydrogen) atoms. The average Bonchev–Trinajstić information content (AvgIpc) is 0.790. The average molecular weight is 1410 g/mol. The van der Waals surface area contributed by atoms with Gasteiger partial charge in [-0.25, -0.2) is 29.5 Å². The molecule has 2 amide bonds. The van der Waals surface area contributed by atoms with Crippen molar-refractivity contribution in [3.63, 3.8) is 0 Å². The molecule has 3 aliphatic rings. The lowest BCUT2D eigenvalue weighted by Crippen LogP contribution is -2.58. The SMILES string of the molecule is CC[C@@H]1C[C@H](N(Cc2cc(C(F)(F)F)cc(C(F)(F)F)c2)c2ncc(Br)cn2)C[C@H](Cc2ccccc2)N1C(=O)OC(C)(C)C.CC[C@@H]1C[C@H](N(Cc2cc(C(F)(F)F)cc(C(F)(F)F)c2)c2ncc(N3CCOCC3)cn2)C[C@H](Cc2ccccc2)N1C(=O)OC(C)(C)C. The number of amides is 2. The Balaban J connectivity index is 0.000000245. The summed E-state index contributed by atoms with van der Waals surface area (Å²) in [5, 5.41) is 0. The van der Waals surface area contributed by atoms with Crippen molar-refractivity contribution >= 4 is 45.7 Å². The molecular weight excluding hydrogens is 1330 g/mol. The molecular formula is C68H78BrF12N9O5. The van der Waals surface area contributed by atoms with Gasteiger partial charge in [-0.05, 0) is 167 Å². The second-order valence-electron chi connectivity index (χ2n) is 26.0. The van der Waals surface area contributed by atoms with Gasteiger partial charge in [0.15, 0.2) is 0 Å². The molecule has 0 spiro atoms. The largest absolute Gasteiger partial charge is 0.444 e. The quantitative estimate of drug-likeness (QED) is 0.0908. The Morgan fingerprint density at radius 1 is 0.495 bits per heavy atom. The van der Waals surface area contributed by atoms with E-state index in [1.54, 1.807) is 73.5 Å². The fourth-order valence-electron chi connectivity index (χ4n) is 12.3. The minimum absolute atomic E-state index is 0.117. The Morgan fingerprint density at radius 2 is 0.821 bits per heavy atom. The molecule has 0 aliphatic carbocycles. The molecule has 0 N–H and O–H groups in total. The Hall–Kier alpha value is -7.42. The van der Waals surface area contributed by atoms with Gasteiger partial charge in [0.25, 0.3) is 0 Å². The van der Waals surface area contributed by atoms with E-state index in [1.165, 1.54) is 12.4 Å². The summed E-state index contributed by atoms with van der Waals surface area (Å²) in [5.41, 5.74) is -4.79. The molecule has 0 bridgehead atoms. The van der Waals surface area contributed by atoms with E-state index >= 15 is 0 Å². The Kier molecular flexibility index (Phi) is 23.4. The number of hydrogen-bond donors (Lipinski definition) is 0. The van der Waals surface area contributed by atoms with Crippen molar-refractivity contribution in [3.8, 4) is 0 Å². The summed E-state index contributed by atoms with van der Waals surface area (Å²) in [6, 6.07) is 19.9. The molecule has 0 saturated carbocycles. The van der Waals surface area contributed by atoms with Crippen LogP contribution in [0.3, 0.4) is 0 Å². The lowest BCUT2D eigenvalue weighted by Gasteiger charge is -2.48. The first-order valence-electron chi connectivity index (χ1n) is 31.3. The third-order valence-corrected chi connectivity index (χ3v) is 16.9. The van der Waals surface area contributed by atoms with Crippen molar-refractivity contribution in [1.29, 1.82) is 0 Å². The zero-order valence-corrected chi connectivity index (χ0v) is 55.5. The molecule has 2 aromatic heterocycles. The number of halogens is 13. The molecule has 3 fully saturated rings. The summed E-state index contributed by atoms with van der Waals surface area (Å²) in [4.78, 5) is 54.1. The van der Waals surface area contributed by atoms with Crippen LogP contribution in [0.2, 0.25) is 0 Å². The van der Waals surface area contributed by atoms with Crippen LogP contribution in [-0.4, -0.2) is 116 Å². The highest BCUT2D eigenvalue weighted by molar-refractivity contribution is 9.10. The number of nitrogens with zero attached hydrogens (tertiary/aromatic N) is 9. The molecule has 516 valence electrons. The third-order valence-electron chi connectivity index (χ3n) is 16.5. The number of ether oxygens (including phenoxy) is 3. The number of likely N-dealkylation sites (tertiary alicyclic amines) is 2. The summed E-state index contributed by atoms with van der Waals surface area (Å²) < 4.78 is 183. The second kappa shape index (κ2) is 30.3. The van der Waals surface area contributed by atoms with E-state index in [9.17, 15) is 62.3 Å². The van der Waals surface area contributed by atoms with Crippen LogP contribution in [0.15, 0.2) is 126 Å². The first-order chi connectivity index (χ1) is 44.5. The second-order valence-corrected chi connectivity index (χ2v) is 26.9.